The largest absolute Gasteiger partial charge is 0.493 e. The van der Waals surface area contributed by atoms with Gasteiger partial charge in [-0.05, 0) is 12.1 Å². The standard InChI is InChI=1S/C16H14N4O5/c1-23-15-9-13(20(21)22)14(10-16(15)24-2)25-12-5-3-4-11(8-12)19-7-6-17-18-19/h3-10H,1-2H3. The van der Waals surface area contributed by atoms with Crippen molar-refractivity contribution in [3.63, 3.8) is 0 Å². The molecule has 25 heavy (non-hydrogen) atoms. The van der Waals surface area contributed by atoms with E-state index in [2.05, 4.69) is 10.3 Å². The van der Waals surface area contributed by atoms with Gasteiger partial charge in [-0.15, -0.1) is 5.10 Å². The van der Waals surface area contributed by atoms with Crippen LogP contribution in [0.2, 0.25) is 0 Å². The lowest BCUT2D eigenvalue weighted by Crippen LogP contribution is -1.98. The summed E-state index contributed by atoms with van der Waals surface area (Å²) in [5.74, 6) is 1.02. The number of nitrogens with zero attached hydrogens (tertiary/aromatic N) is 4. The van der Waals surface area contributed by atoms with E-state index in [-0.39, 0.29) is 17.2 Å². The fourth-order valence-electron chi connectivity index (χ4n) is 2.24. The van der Waals surface area contributed by atoms with Crippen molar-refractivity contribution >= 4 is 5.69 Å². The number of nitro groups is 1. The summed E-state index contributed by atoms with van der Waals surface area (Å²) in [5, 5.41) is 19.0. The highest BCUT2D eigenvalue weighted by atomic mass is 16.6. The number of hydrogen-bond donors (Lipinski definition) is 0. The number of nitro benzene ring substituents is 1. The molecule has 0 unspecified atom stereocenters. The molecule has 9 nitrogen and oxygen atoms in total. The van der Waals surface area contributed by atoms with Gasteiger partial charge in [0.15, 0.2) is 11.5 Å². The molecule has 0 bridgehead atoms. The molecule has 0 aliphatic carbocycles. The summed E-state index contributed by atoms with van der Waals surface area (Å²) in [6.07, 6.45) is 3.23. The molecule has 1 heterocycles. The van der Waals surface area contributed by atoms with Crippen LogP contribution >= 0.6 is 0 Å². The van der Waals surface area contributed by atoms with Crippen LogP contribution in [0.4, 0.5) is 5.69 Å². The summed E-state index contributed by atoms with van der Waals surface area (Å²) in [6.45, 7) is 0. The van der Waals surface area contributed by atoms with Gasteiger partial charge in [-0.2, -0.15) is 0 Å². The van der Waals surface area contributed by atoms with Crippen LogP contribution in [0.1, 0.15) is 0 Å². The van der Waals surface area contributed by atoms with Gasteiger partial charge in [0.05, 0.1) is 43.3 Å². The first kappa shape index (κ1) is 16.2. The molecule has 0 amide bonds. The lowest BCUT2D eigenvalue weighted by molar-refractivity contribution is -0.385. The molecule has 0 spiro atoms. The molecule has 128 valence electrons. The molecule has 3 rings (SSSR count). The Balaban J connectivity index is 2.00. The average molecular weight is 342 g/mol. The number of ether oxygens (including phenoxy) is 3. The van der Waals surface area contributed by atoms with Crippen molar-refractivity contribution in [2.75, 3.05) is 14.2 Å². The van der Waals surface area contributed by atoms with Crippen LogP contribution in [0, 0.1) is 10.1 Å². The SMILES string of the molecule is COc1cc(Oc2cccc(-n3ccnn3)c2)c([N+](=O)[O-])cc1OC. The molecule has 0 aliphatic rings. The molecule has 2 aromatic carbocycles. The van der Waals surface area contributed by atoms with Crippen LogP contribution in [0.3, 0.4) is 0 Å². The van der Waals surface area contributed by atoms with E-state index in [1.165, 1.54) is 26.4 Å². The molecule has 0 saturated carbocycles. The molecule has 9 heteroatoms. The summed E-state index contributed by atoms with van der Waals surface area (Å²) in [4.78, 5) is 10.8. The van der Waals surface area contributed by atoms with E-state index < -0.39 is 4.92 Å². The lowest BCUT2D eigenvalue weighted by Gasteiger charge is -2.12. The number of methoxy groups -OCH3 is 2. The third-order valence-electron chi connectivity index (χ3n) is 3.39. The smallest absolute Gasteiger partial charge is 0.315 e. The summed E-state index contributed by atoms with van der Waals surface area (Å²) in [5.41, 5.74) is 0.474. The second-order valence-electron chi connectivity index (χ2n) is 4.88. The van der Waals surface area contributed by atoms with Crippen molar-refractivity contribution in [3.05, 3.63) is 58.9 Å². The average Bonchev–Trinajstić information content (AvgIpc) is 3.16. The van der Waals surface area contributed by atoms with E-state index in [0.29, 0.717) is 17.2 Å². The van der Waals surface area contributed by atoms with Crippen molar-refractivity contribution in [3.8, 4) is 28.7 Å². The van der Waals surface area contributed by atoms with Gasteiger partial charge in [0.1, 0.15) is 5.75 Å². The Hall–Kier alpha value is -3.62. The van der Waals surface area contributed by atoms with Crippen LogP contribution in [0.25, 0.3) is 5.69 Å². The Bertz CT molecular complexity index is 896. The molecule has 0 atom stereocenters. The van der Waals surface area contributed by atoms with E-state index in [9.17, 15) is 10.1 Å². The normalized spacial score (nSPS) is 10.3. The molecule has 0 fully saturated rings. The number of aromatic nitrogens is 3. The zero-order valence-corrected chi connectivity index (χ0v) is 13.4. The third-order valence-corrected chi connectivity index (χ3v) is 3.39. The first-order valence-electron chi connectivity index (χ1n) is 7.17. The van der Waals surface area contributed by atoms with Gasteiger partial charge < -0.3 is 14.2 Å². The predicted molar refractivity (Wildman–Crippen MR) is 87.6 cm³/mol. The first-order valence-corrected chi connectivity index (χ1v) is 7.17. The van der Waals surface area contributed by atoms with Crippen LogP contribution in [-0.4, -0.2) is 34.1 Å². The monoisotopic (exact) mass is 342 g/mol. The molecule has 0 aliphatic heterocycles. The molecule has 0 saturated heterocycles. The van der Waals surface area contributed by atoms with E-state index >= 15 is 0 Å². The Morgan fingerprint density at radius 3 is 2.48 bits per heavy atom. The Morgan fingerprint density at radius 1 is 1.08 bits per heavy atom. The Morgan fingerprint density at radius 2 is 1.84 bits per heavy atom. The fourth-order valence-corrected chi connectivity index (χ4v) is 2.24. The highest BCUT2D eigenvalue weighted by Gasteiger charge is 2.21. The highest BCUT2D eigenvalue weighted by Crippen LogP contribution is 2.41. The fraction of sp³-hybridized carbons (Fsp3) is 0.125. The van der Waals surface area contributed by atoms with E-state index in [0.717, 1.165) is 0 Å². The minimum atomic E-state index is -0.543. The summed E-state index contributed by atoms with van der Waals surface area (Å²) in [7, 11) is 2.85. The second kappa shape index (κ2) is 6.87. The molecular formula is C16H14N4O5. The maximum absolute atomic E-state index is 11.3. The predicted octanol–water partition coefficient (Wildman–Crippen LogP) is 2.99. The van der Waals surface area contributed by atoms with Crippen molar-refractivity contribution in [1.82, 2.24) is 15.0 Å². The molecule has 1 aromatic heterocycles. The van der Waals surface area contributed by atoms with E-state index in [1.54, 1.807) is 35.3 Å². The topological polar surface area (TPSA) is 102 Å². The van der Waals surface area contributed by atoms with Gasteiger partial charge in [-0.25, -0.2) is 4.68 Å². The number of rotatable bonds is 6. The van der Waals surface area contributed by atoms with Crippen molar-refractivity contribution < 1.29 is 19.1 Å². The summed E-state index contributed by atoms with van der Waals surface area (Å²) >= 11 is 0. The van der Waals surface area contributed by atoms with Crippen LogP contribution in [-0.2, 0) is 0 Å². The van der Waals surface area contributed by atoms with E-state index in [4.69, 9.17) is 14.2 Å². The maximum atomic E-state index is 11.3. The third kappa shape index (κ3) is 3.34. The first-order chi connectivity index (χ1) is 12.1. The summed E-state index contributed by atoms with van der Waals surface area (Å²) in [6, 6.07) is 9.61. The zero-order valence-electron chi connectivity index (χ0n) is 13.4. The van der Waals surface area contributed by atoms with Gasteiger partial charge in [0, 0.05) is 12.1 Å². The van der Waals surface area contributed by atoms with Gasteiger partial charge in [-0.1, -0.05) is 11.3 Å². The minimum absolute atomic E-state index is 0.0402. The minimum Gasteiger partial charge on any atom is -0.493 e. The second-order valence-corrected chi connectivity index (χ2v) is 4.88. The molecule has 0 radical (unpaired) electrons. The number of benzene rings is 2. The molecule has 3 aromatic rings. The van der Waals surface area contributed by atoms with Crippen LogP contribution in [0.5, 0.6) is 23.0 Å². The van der Waals surface area contributed by atoms with Crippen LogP contribution in [0.15, 0.2) is 48.8 Å². The molecular weight excluding hydrogens is 328 g/mol. The molecule has 0 N–H and O–H groups in total. The van der Waals surface area contributed by atoms with Gasteiger partial charge in [0.25, 0.3) is 0 Å². The van der Waals surface area contributed by atoms with Crippen molar-refractivity contribution in [1.29, 1.82) is 0 Å². The zero-order chi connectivity index (χ0) is 17.8. The number of hydrogen-bond acceptors (Lipinski definition) is 7. The highest BCUT2D eigenvalue weighted by molar-refractivity contribution is 5.59. The lowest BCUT2D eigenvalue weighted by atomic mass is 10.2. The van der Waals surface area contributed by atoms with Crippen molar-refractivity contribution in [2.45, 2.75) is 0 Å². The van der Waals surface area contributed by atoms with Gasteiger partial charge in [-0.3, -0.25) is 10.1 Å². The van der Waals surface area contributed by atoms with Gasteiger partial charge in [0.2, 0.25) is 5.75 Å². The quantitative estimate of drug-likeness (QED) is 0.501. The maximum Gasteiger partial charge on any atom is 0.315 e. The van der Waals surface area contributed by atoms with Crippen molar-refractivity contribution in [2.24, 2.45) is 0 Å². The van der Waals surface area contributed by atoms with E-state index in [1.807, 2.05) is 6.07 Å². The van der Waals surface area contributed by atoms with Crippen LogP contribution < -0.4 is 14.2 Å². The Kier molecular flexibility index (Phi) is 4.46. The summed E-state index contributed by atoms with van der Waals surface area (Å²) < 4.78 is 17.5. The van der Waals surface area contributed by atoms with Gasteiger partial charge >= 0.3 is 5.69 Å². The Labute approximate surface area is 142 Å².